The van der Waals surface area contributed by atoms with Gasteiger partial charge in [0.2, 0.25) is 0 Å². The molecule has 1 saturated heterocycles. The van der Waals surface area contributed by atoms with Gasteiger partial charge >= 0.3 is 0 Å². The smallest absolute Gasteiger partial charge is 0.0991 e. The van der Waals surface area contributed by atoms with Gasteiger partial charge in [-0.25, -0.2) is 0 Å². The van der Waals surface area contributed by atoms with Crippen molar-refractivity contribution < 1.29 is 0 Å². The Kier molecular flexibility index (Phi) is 2.99. The summed E-state index contributed by atoms with van der Waals surface area (Å²) in [5.74, 6) is 1.58. The zero-order chi connectivity index (χ0) is 12.5. The largest absolute Gasteiger partial charge is 0.371 e. The fourth-order valence-corrected chi connectivity index (χ4v) is 2.88. The quantitative estimate of drug-likeness (QED) is 0.788. The van der Waals surface area contributed by atoms with Gasteiger partial charge in [0.25, 0.3) is 0 Å². The molecule has 0 aromatic heterocycles. The van der Waals surface area contributed by atoms with E-state index in [1.54, 1.807) is 0 Å². The lowest BCUT2D eigenvalue weighted by molar-refractivity contribution is 0.438. The van der Waals surface area contributed by atoms with Gasteiger partial charge in [0.1, 0.15) is 0 Å². The first-order valence-electron chi connectivity index (χ1n) is 7.07. The molecule has 0 spiro atoms. The van der Waals surface area contributed by atoms with Crippen LogP contribution < -0.4 is 4.90 Å². The molecule has 1 saturated carbocycles. The van der Waals surface area contributed by atoms with Crippen molar-refractivity contribution in [3.63, 3.8) is 0 Å². The minimum atomic E-state index is 0.715. The molecule has 2 nitrogen and oxygen atoms in total. The molecule has 1 heterocycles. The van der Waals surface area contributed by atoms with Crippen LogP contribution in [0.5, 0.6) is 0 Å². The fraction of sp³-hybridized carbons (Fsp3) is 0.562. The number of benzene rings is 1. The van der Waals surface area contributed by atoms with Gasteiger partial charge in [0.05, 0.1) is 11.6 Å². The van der Waals surface area contributed by atoms with E-state index < -0.39 is 0 Å². The Hall–Kier alpha value is -1.49. The van der Waals surface area contributed by atoms with E-state index in [2.05, 4.69) is 30.0 Å². The Morgan fingerprint density at radius 3 is 2.50 bits per heavy atom. The Morgan fingerprint density at radius 1 is 1.17 bits per heavy atom. The van der Waals surface area contributed by atoms with Crippen LogP contribution in [0, 0.1) is 17.2 Å². The molecule has 2 fully saturated rings. The predicted octanol–water partition coefficient (Wildman–Crippen LogP) is 3.67. The van der Waals surface area contributed by atoms with Crippen molar-refractivity contribution in [2.75, 3.05) is 18.0 Å². The molecule has 2 aliphatic rings. The van der Waals surface area contributed by atoms with E-state index in [0.717, 1.165) is 11.5 Å². The lowest BCUT2D eigenvalue weighted by atomic mass is 9.97. The highest BCUT2D eigenvalue weighted by Gasteiger charge is 2.29. The Labute approximate surface area is 109 Å². The van der Waals surface area contributed by atoms with E-state index in [-0.39, 0.29) is 0 Å². The van der Waals surface area contributed by atoms with Crippen molar-refractivity contribution in [1.82, 2.24) is 0 Å². The minimum absolute atomic E-state index is 0.715. The van der Waals surface area contributed by atoms with Crippen molar-refractivity contribution in [2.24, 2.45) is 5.92 Å². The van der Waals surface area contributed by atoms with E-state index in [1.165, 1.54) is 50.0 Å². The van der Waals surface area contributed by atoms with Crippen LogP contribution in [-0.4, -0.2) is 13.1 Å². The monoisotopic (exact) mass is 240 g/mol. The van der Waals surface area contributed by atoms with Crippen molar-refractivity contribution in [3.05, 3.63) is 29.3 Å². The third-order valence-corrected chi connectivity index (χ3v) is 4.30. The van der Waals surface area contributed by atoms with E-state index in [1.807, 2.05) is 6.07 Å². The summed E-state index contributed by atoms with van der Waals surface area (Å²) in [6.45, 7) is 4.69. The Balaban J connectivity index is 1.89. The zero-order valence-corrected chi connectivity index (χ0v) is 11.0. The van der Waals surface area contributed by atoms with Crippen LogP contribution in [0.15, 0.2) is 18.2 Å². The van der Waals surface area contributed by atoms with Gasteiger partial charge in [0, 0.05) is 18.8 Å². The molecule has 1 aromatic rings. The summed E-state index contributed by atoms with van der Waals surface area (Å²) >= 11 is 0. The van der Waals surface area contributed by atoms with Crippen molar-refractivity contribution in [3.8, 4) is 6.07 Å². The molecular formula is C16H20N2. The summed E-state index contributed by atoms with van der Waals surface area (Å²) in [4.78, 5) is 2.52. The van der Waals surface area contributed by atoms with Crippen LogP contribution in [0.2, 0.25) is 0 Å². The van der Waals surface area contributed by atoms with Crippen molar-refractivity contribution >= 4 is 5.69 Å². The van der Waals surface area contributed by atoms with Gasteiger partial charge in [-0.1, -0.05) is 6.92 Å². The van der Waals surface area contributed by atoms with Gasteiger partial charge < -0.3 is 4.90 Å². The maximum atomic E-state index is 9.04. The highest BCUT2D eigenvalue weighted by Crippen LogP contribution is 2.45. The van der Waals surface area contributed by atoms with Gasteiger partial charge in [-0.05, 0) is 61.3 Å². The van der Waals surface area contributed by atoms with Crippen molar-refractivity contribution in [2.45, 2.75) is 38.5 Å². The molecular weight excluding hydrogens is 220 g/mol. The van der Waals surface area contributed by atoms with Gasteiger partial charge in [-0.3, -0.25) is 0 Å². The van der Waals surface area contributed by atoms with E-state index in [4.69, 9.17) is 5.26 Å². The van der Waals surface area contributed by atoms with Crippen LogP contribution in [0.3, 0.4) is 0 Å². The average Bonchev–Trinajstić information content (AvgIpc) is 3.23. The molecule has 18 heavy (non-hydrogen) atoms. The van der Waals surface area contributed by atoms with Crippen LogP contribution >= 0.6 is 0 Å². The molecule has 2 heteroatoms. The normalized spacial score (nSPS) is 20.8. The second-order valence-corrected chi connectivity index (χ2v) is 5.83. The first-order chi connectivity index (χ1) is 8.78. The lowest BCUT2D eigenvalue weighted by Crippen LogP contribution is -2.33. The summed E-state index contributed by atoms with van der Waals surface area (Å²) in [7, 11) is 0. The first-order valence-corrected chi connectivity index (χ1v) is 7.07. The molecule has 0 amide bonds. The number of nitrogens with zero attached hydrogens (tertiary/aromatic N) is 2. The minimum Gasteiger partial charge on any atom is -0.371 e. The topological polar surface area (TPSA) is 27.0 Å². The summed E-state index contributed by atoms with van der Waals surface area (Å²) in [5, 5.41) is 9.04. The number of nitriles is 1. The Morgan fingerprint density at radius 2 is 1.89 bits per heavy atom. The zero-order valence-electron chi connectivity index (χ0n) is 11.0. The third kappa shape index (κ3) is 2.22. The molecule has 0 bridgehead atoms. The molecule has 1 aliphatic heterocycles. The standard InChI is InChI=1S/C16H20N2/c1-12-6-8-18(9-7-12)16-5-2-13(11-17)10-15(16)14-3-4-14/h2,5,10,12,14H,3-4,6-9H2,1H3. The molecule has 1 aromatic carbocycles. The van der Waals surface area contributed by atoms with Crippen LogP contribution in [0.4, 0.5) is 5.69 Å². The Bertz CT molecular complexity index is 474. The third-order valence-electron chi connectivity index (χ3n) is 4.30. The molecule has 3 rings (SSSR count). The summed E-state index contributed by atoms with van der Waals surface area (Å²) < 4.78 is 0. The van der Waals surface area contributed by atoms with Gasteiger partial charge in [0.15, 0.2) is 0 Å². The first kappa shape index (κ1) is 11.6. The summed E-state index contributed by atoms with van der Waals surface area (Å²) in [6.07, 6.45) is 5.19. The molecule has 0 atom stereocenters. The highest BCUT2D eigenvalue weighted by atomic mass is 15.1. The number of hydrogen-bond acceptors (Lipinski definition) is 2. The average molecular weight is 240 g/mol. The van der Waals surface area contributed by atoms with Crippen LogP contribution in [0.25, 0.3) is 0 Å². The van der Waals surface area contributed by atoms with Crippen LogP contribution in [-0.2, 0) is 0 Å². The molecule has 94 valence electrons. The molecule has 1 aliphatic carbocycles. The van der Waals surface area contributed by atoms with Gasteiger partial charge in [-0.15, -0.1) is 0 Å². The number of rotatable bonds is 2. The molecule has 0 unspecified atom stereocenters. The van der Waals surface area contributed by atoms with Crippen molar-refractivity contribution in [1.29, 1.82) is 5.26 Å². The fourth-order valence-electron chi connectivity index (χ4n) is 2.88. The SMILES string of the molecule is CC1CCN(c2ccc(C#N)cc2C2CC2)CC1. The van der Waals surface area contributed by atoms with E-state index >= 15 is 0 Å². The maximum absolute atomic E-state index is 9.04. The predicted molar refractivity (Wildman–Crippen MR) is 73.7 cm³/mol. The number of hydrogen-bond donors (Lipinski definition) is 0. The van der Waals surface area contributed by atoms with E-state index in [9.17, 15) is 0 Å². The second-order valence-electron chi connectivity index (χ2n) is 5.83. The van der Waals surface area contributed by atoms with Crippen LogP contribution in [0.1, 0.15) is 49.7 Å². The summed E-state index contributed by atoms with van der Waals surface area (Å²) in [6, 6.07) is 8.53. The lowest BCUT2D eigenvalue weighted by Gasteiger charge is -2.33. The maximum Gasteiger partial charge on any atom is 0.0991 e. The number of anilines is 1. The molecule has 0 radical (unpaired) electrons. The van der Waals surface area contributed by atoms with Gasteiger partial charge in [-0.2, -0.15) is 5.26 Å². The number of piperidine rings is 1. The van der Waals surface area contributed by atoms with E-state index in [0.29, 0.717) is 5.92 Å². The summed E-state index contributed by atoms with van der Waals surface area (Å²) in [5.41, 5.74) is 3.62. The highest BCUT2D eigenvalue weighted by molar-refractivity contribution is 5.59. The molecule has 0 N–H and O–H groups in total. The second kappa shape index (κ2) is 4.65.